The molecule has 1 N–H and O–H groups in total. The van der Waals surface area contributed by atoms with Crippen LogP contribution in [0.1, 0.15) is 36.6 Å². The van der Waals surface area contributed by atoms with Gasteiger partial charge in [-0.1, -0.05) is 35.9 Å². The van der Waals surface area contributed by atoms with Gasteiger partial charge in [0.25, 0.3) is 0 Å². The lowest BCUT2D eigenvalue weighted by Crippen LogP contribution is -2.19. The van der Waals surface area contributed by atoms with Gasteiger partial charge in [-0.05, 0) is 50.6 Å². The topological polar surface area (TPSA) is 73.1 Å². The SMILES string of the molecule is COc1cc(Cc2nc(-c3ccccc3Cl)cc(C(C)(C)O)n2)ccc1-n1cnc(C)c1. The van der Waals surface area contributed by atoms with Gasteiger partial charge in [0.2, 0.25) is 0 Å². The number of aryl methyl sites for hydroxylation is 1. The first-order valence-electron chi connectivity index (χ1n) is 10.3. The molecule has 4 rings (SSSR count). The Morgan fingerprint density at radius 1 is 1.09 bits per heavy atom. The van der Waals surface area contributed by atoms with Crippen molar-refractivity contribution in [2.45, 2.75) is 32.8 Å². The van der Waals surface area contributed by atoms with Crippen molar-refractivity contribution in [3.8, 4) is 22.7 Å². The summed E-state index contributed by atoms with van der Waals surface area (Å²) in [6.45, 7) is 5.36. The predicted octanol–water partition coefficient (Wildman–Crippen LogP) is 5.12. The number of hydrogen-bond acceptors (Lipinski definition) is 5. The number of halogens is 1. The van der Waals surface area contributed by atoms with Crippen LogP contribution in [0.3, 0.4) is 0 Å². The second-order valence-electron chi connectivity index (χ2n) is 8.20. The number of methoxy groups -OCH3 is 1. The monoisotopic (exact) mass is 448 g/mol. The normalized spacial score (nSPS) is 11.6. The molecule has 7 heteroatoms. The van der Waals surface area contributed by atoms with Gasteiger partial charge in [0, 0.05) is 23.2 Å². The number of imidazole rings is 1. The van der Waals surface area contributed by atoms with Crippen LogP contribution < -0.4 is 4.74 Å². The third kappa shape index (κ3) is 4.66. The van der Waals surface area contributed by atoms with Crippen LogP contribution in [0.15, 0.2) is 61.1 Å². The number of aliphatic hydroxyl groups is 1. The second-order valence-corrected chi connectivity index (χ2v) is 8.61. The molecular weight excluding hydrogens is 424 g/mol. The minimum atomic E-state index is -1.12. The Balaban J connectivity index is 1.74. The van der Waals surface area contributed by atoms with Gasteiger partial charge in [-0.25, -0.2) is 15.0 Å². The summed E-state index contributed by atoms with van der Waals surface area (Å²) in [6, 6.07) is 15.3. The van der Waals surface area contributed by atoms with Gasteiger partial charge in [0.05, 0.1) is 36.2 Å². The van der Waals surface area contributed by atoms with E-state index in [-0.39, 0.29) is 0 Å². The maximum absolute atomic E-state index is 10.6. The third-order valence-electron chi connectivity index (χ3n) is 5.15. The number of benzene rings is 2. The zero-order chi connectivity index (χ0) is 22.9. The van der Waals surface area contributed by atoms with Crippen molar-refractivity contribution in [3.05, 3.63) is 88.9 Å². The van der Waals surface area contributed by atoms with Gasteiger partial charge < -0.3 is 14.4 Å². The number of nitrogens with zero attached hydrogens (tertiary/aromatic N) is 4. The van der Waals surface area contributed by atoms with Gasteiger partial charge >= 0.3 is 0 Å². The fraction of sp³-hybridized carbons (Fsp3) is 0.240. The smallest absolute Gasteiger partial charge is 0.143 e. The first-order valence-corrected chi connectivity index (χ1v) is 10.7. The summed E-state index contributed by atoms with van der Waals surface area (Å²) in [7, 11) is 1.65. The molecular formula is C25H25ClN4O2. The third-order valence-corrected chi connectivity index (χ3v) is 5.47. The molecule has 2 aromatic carbocycles. The molecule has 2 heterocycles. The van der Waals surface area contributed by atoms with Crippen LogP contribution in [0.2, 0.25) is 5.02 Å². The largest absolute Gasteiger partial charge is 0.495 e. The number of aromatic nitrogens is 4. The van der Waals surface area contributed by atoms with Crippen molar-refractivity contribution >= 4 is 11.6 Å². The molecule has 2 aromatic heterocycles. The lowest BCUT2D eigenvalue weighted by molar-refractivity contribution is 0.0735. The Labute approximate surface area is 192 Å². The Kier molecular flexibility index (Phi) is 6.00. The van der Waals surface area contributed by atoms with E-state index in [0.29, 0.717) is 28.7 Å². The van der Waals surface area contributed by atoms with E-state index in [9.17, 15) is 5.11 Å². The highest BCUT2D eigenvalue weighted by Gasteiger charge is 2.21. The maximum Gasteiger partial charge on any atom is 0.143 e. The molecule has 0 saturated carbocycles. The van der Waals surface area contributed by atoms with Crippen LogP contribution in [-0.2, 0) is 12.0 Å². The summed E-state index contributed by atoms with van der Waals surface area (Å²) in [4.78, 5) is 13.7. The molecule has 0 aliphatic heterocycles. The van der Waals surface area contributed by atoms with Gasteiger partial charge in [0.15, 0.2) is 0 Å². The minimum Gasteiger partial charge on any atom is -0.495 e. The van der Waals surface area contributed by atoms with E-state index >= 15 is 0 Å². The summed E-state index contributed by atoms with van der Waals surface area (Å²) >= 11 is 6.41. The van der Waals surface area contributed by atoms with Crippen molar-refractivity contribution < 1.29 is 9.84 Å². The number of hydrogen-bond donors (Lipinski definition) is 1. The maximum atomic E-state index is 10.6. The molecule has 0 atom stereocenters. The van der Waals surface area contributed by atoms with Crippen molar-refractivity contribution in [1.29, 1.82) is 0 Å². The Hall–Kier alpha value is -3.22. The van der Waals surface area contributed by atoms with Crippen LogP contribution in [0.5, 0.6) is 5.75 Å². The molecule has 0 aliphatic rings. The van der Waals surface area contributed by atoms with E-state index < -0.39 is 5.60 Å². The van der Waals surface area contributed by atoms with E-state index in [1.54, 1.807) is 33.4 Å². The highest BCUT2D eigenvalue weighted by molar-refractivity contribution is 6.33. The molecule has 0 saturated heterocycles. The number of rotatable bonds is 6. The van der Waals surface area contributed by atoms with Crippen LogP contribution in [-0.4, -0.2) is 31.7 Å². The molecule has 6 nitrogen and oxygen atoms in total. The fourth-order valence-electron chi connectivity index (χ4n) is 3.48. The Morgan fingerprint density at radius 3 is 2.53 bits per heavy atom. The molecule has 0 amide bonds. The fourth-order valence-corrected chi connectivity index (χ4v) is 3.71. The lowest BCUT2D eigenvalue weighted by Gasteiger charge is -2.19. The van der Waals surface area contributed by atoms with Crippen molar-refractivity contribution in [3.63, 3.8) is 0 Å². The van der Waals surface area contributed by atoms with E-state index in [0.717, 1.165) is 28.3 Å². The molecule has 0 bridgehead atoms. The average Bonchev–Trinajstić information content (AvgIpc) is 3.19. The van der Waals surface area contributed by atoms with Gasteiger partial charge in [0.1, 0.15) is 17.2 Å². The lowest BCUT2D eigenvalue weighted by atomic mass is 10.0. The highest BCUT2D eigenvalue weighted by atomic mass is 35.5. The molecule has 164 valence electrons. The summed E-state index contributed by atoms with van der Waals surface area (Å²) in [5.74, 6) is 1.32. The molecule has 0 unspecified atom stereocenters. The summed E-state index contributed by atoms with van der Waals surface area (Å²) in [5, 5.41) is 11.2. The molecule has 0 radical (unpaired) electrons. The summed E-state index contributed by atoms with van der Waals surface area (Å²) in [5.41, 5.74) is 3.71. The van der Waals surface area contributed by atoms with Gasteiger partial charge in [-0.15, -0.1) is 0 Å². The number of ether oxygens (including phenoxy) is 1. The van der Waals surface area contributed by atoms with Crippen LogP contribution >= 0.6 is 11.6 Å². The van der Waals surface area contributed by atoms with Crippen LogP contribution in [0.25, 0.3) is 16.9 Å². The minimum absolute atomic E-state index is 0.473. The molecule has 32 heavy (non-hydrogen) atoms. The van der Waals surface area contributed by atoms with Gasteiger partial charge in [-0.2, -0.15) is 0 Å². The predicted molar refractivity (Wildman–Crippen MR) is 125 cm³/mol. The van der Waals surface area contributed by atoms with E-state index in [4.69, 9.17) is 21.3 Å². The van der Waals surface area contributed by atoms with Crippen molar-refractivity contribution in [1.82, 2.24) is 19.5 Å². The molecule has 4 aromatic rings. The average molecular weight is 449 g/mol. The van der Waals surface area contributed by atoms with Crippen molar-refractivity contribution in [2.75, 3.05) is 7.11 Å². The molecule has 0 fully saturated rings. The molecule has 0 spiro atoms. The van der Waals surface area contributed by atoms with Crippen LogP contribution in [0.4, 0.5) is 0 Å². The van der Waals surface area contributed by atoms with Crippen LogP contribution in [0, 0.1) is 6.92 Å². The van der Waals surface area contributed by atoms with E-state index in [2.05, 4.69) is 9.97 Å². The summed E-state index contributed by atoms with van der Waals surface area (Å²) < 4.78 is 7.56. The van der Waals surface area contributed by atoms with E-state index in [1.807, 2.05) is 60.2 Å². The highest BCUT2D eigenvalue weighted by Crippen LogP contribution is 2.30. The Morgan fingerprint density at radius 2 is 1.88 bits per heavy atom. The second kappa shape index (κ2) is 8.73. The quantitative estimate of drug-likeness (QED) is 0.443. The molecule has 0 aliphatic carbocycles. The van der Waals surface area contributed by atoms with Crippen molar-refractivity contribution in [2.24, 2.45) is 0 Å². The zero-order valence-corrected chi connectivity index (χ0v) is 19.3. The Bertz CT molecular complexity index is 1260. The first-order chi connectivity index (χ1) is 15.2. The standard InChI is InChI=1S/C25H25ClN4O2/c1-16-14-30(15-27-16)21-10-9-17(11-22(21)32-4)12-24-28-20(13-23(29-24)25(2,3)31)18-7-5-6-8-19(18)26/h5-11,13-15,31H,12H2,1-4H3. The summed E-state index contributed by atoms with van der Waals surface area (Å²) in [6.07, 6.45) is 4.18. The zero-order valence-electron chi connectivity index (χ0n) is 18.5. The first kappa shape index (κ1) is 22.0. The van der Waals surface area contributed by atoms with Gasteiger partial charge in [-0.3, -0.25) is 0 Å². The van der Waals surface area contributed by atoms with E-state index in [1.165, 1.54) is 0 Å².